The van der Waals surface area contributed by atoms with E-state index in [2.05, 4.69) is 169 Å². The van der Waals surface area contributed by atoms with Crippen molar-refractivity contribution in [3.8, 4) is 33.4 Å². The highest BCUT2D eigenvalue weighted by Gasteiger charge is 2.24. The van der Waals surface area contributed by atoms with Crippen LogP contribution in [-0.4, -0.2) is 0 Å². The molecule has 0 bridgehead atoms. The van der Waals surface area contributed by atoms with Crippen LogP contribution in [-0.2, 0) is 0 Å². The molecule has 3 aromatic heterocycles. The fraction of sp³-hybridized carbons (Fsp3) is 0. The predicted molar refractivity (Wildman–Crippen MR) is 239 cm³/mol. The Morgan fingerprint density at radius 3 is 1.55 bits per heavy atom. The zero-order valence-corrected chi connectivity index (χ0v) is 31.2. The lowest BCUT2D eigenvalue weighted by molar-refractivity contribution is 0.664. The molecule has 9 aromatic carbocycles. The Morgan fingerprint density at radius 1 is 0.293 bits per heavy atom. The predicted octanol–water partition coefficient (Wildman–Crippen LogP) is 15.9. The third kappa shape index (κ3) is 5.09. The van der Waals surface area contributed by atoms with Crippen molar-refractivity contribution in [1.82, 2.24) is 0 Å². The maximum Gasteiger partial charge on any atom is 0.159 e. The van der Waals surface area contributed by atoms with Gasteiger partial charge < -0.3 is 18.2 Å². The van der Waals surface area contributed by atoms with Gasteiger partial charge in [0.25, 0.3) is 0 Å². The molecule has 0 radical (unpaired) electrons. The van der Waals surface area contributed by atoms with Crippen LogP contribution in [0.3, 0.4) is 0 Å². The first-order chi connectivity index (χ1) is 28.7. The third-order valence-corrected chi connectivity index (χ3v) is 11.5. The Morgan fingerprint density at radius 2 is 0.828 bits per heavy atom. The van der Waals surface area contributed by atoms with Gasteiger partial charge in [0.2, 0.25) is 0 Å². The molecule has 0 spiro atoms. The molecular formula is C54H33NO3. The summed E-state index contributed by atoms with van der Waals surface area (Å²) >= 11 is 0. The van der Waals surface area contributed by atoms with Crippen LogP contribution < -0.4 is 4.90 Å². The molecule has 0 atom stereocenters. The Hall–Kier alpha value is -7.82. The number of hydrogen-bond acceptors (Lipinski definition) is 4. The lowest BCUT2D eigenvalue weighted by Crippen LogP contribution is -2.10. The number of benzene rings is 9. The summed E-state index contributed by atoms with van der Waals surface area (Å²) in [6.45, 7) is 0. The Labute approximate surface area is 333 Å². The van der Waals surface area contributed by atoms with Gasteiger partial charge in [-0.1, -0.05) is 146 Å². The van der Waals surface area contributed by atoms with Gasteiger partial charge in [-0.15, -0.1) is 0 Å². The third-order valence-electron chi connectivity index (χ3n) is 11.5. The quantitative estimate of drug-likeness (QED) is 0.170. The van der Waals surface area contributed by atoms with Crippen molar-refractivity contribution in [1.29, 1.82) is 0 Å². The van der Waals surface area contributed by atoms with Crippen molar-refractivity contribution in [3.63, 3.8) is 0 Å². The number of rotatable bonds is 6. The lowest BCUT2D eigenvalue weighted by Gasteiger charge is -2.26. The van der Waals surface area contributed by atoms with E-state index in [0.717, 1.165) is 105 Å². The van der Waals surface area contributed by atoms with Crippen LogP contribution >= 0.6 is 0 Å². The number of hydrogen-bond donors (Lipinski definition) is 0. The van der Waals surface area contributed by atoms with Gasteiger partial charge in [0, 0.05) is 49.3 Å². The van der Waals surface area contributed by atoms with Gasteiger partial charge >= 0.3 is 0 Å². The molecule has 58 heavy (non-hydrogen) atoms. The van der Waals surface area contributed by atoms with E-state index in [9.17, 15) is 0 Å². The van der Waals surface area contributed by atoms with Gasteiger partial charge in [0.05, 0.1) is 5.69 Å². The Bertz CT molecular complexity index is 3480. The van der Waals surface area contributed by atoms with Crippen molar-refractivity contribution in [2.75, 3.05) is 4.90 Å². The summed E-state index contributed by atoms with van der Waals surface area (Å²) in [6, 6.07) is 70.1. The van der Waals surface area contributed by atoms with Crippen LogP contribution in [0.15, 0.2) is 213 Å². The van der Waals surface area contributed by atoms with Gasteiger partial charge in [-0.2, -0.15) is 0 Å². The van der Waals surface area contributed by atoms with Gasteiger partial charge in [-0.3, -0.25) is 0 Å². The molecule has 0 aliphatic heterocycles. The van der Waals surface area contributed by atoms with Crippen molar-refractivity contribution < 1.29 is 13.3 Å². The van der Waals surface area contributed by atoms with Gasteiger partial charge in [-0.25, -0.2) is 0 Å². The van der Waals surface area contributed by atoms with E-state index < -0.39 is 0 Å². The molecule has 3 heterocycles. The van der Waals surface area contributed by atoms with Gasteiger partial charge in [0.1, 0.15) is 27.9 Å². The first-order valence-electron chi connectivity index (χ1n) is 19.6. The summed E-state index contributed by atoms with van der Waals surface area (Å²) in [4.78, 5) is 2.29. The normalized spacial score (nSPS) is 11.8. The number of furan rings is 3. The molecule has 0 N–H and O–H groups in total. The van der Waals surface area contributed by atoms with E-state index in [1.165, 1.54) is 11.1 Å². The summed E-state index contributed by atoms with van der Waals surface area (Å²) in [5, 5.41) is 6.27. The monoisotopic (exact) mass is 743 g/mol. The fourth-order valence-corrected chi connectivity index (χ4v) is 8.75. The standard InChI is InChI=1S/C54H33NO3/c1-3-12-34(13-4-1)36-22-24-38(25-23-36)51-52-43-17-8-10-21-48(43)56-50(52)33-45-44-32-40(30-31-49(44)58-54(45)51)55(39-28-26-37(27-29-39)35-14-5-2-6-15-35)46-19-11-18-42-41-16-7-9-20-47(41)57-53(42)46/h1-33H. The van der Waals surface area contributed by atoms with Crippen molar-refractivity contribution in [2.45, 2.75) is 0 Å². The second kappa shape index (κ2) is 12.9. The lowest BCUT2D eigenvalue weighted by atomic mass is 9.95. The summed E-state index contributed by atoms with van der Waals surface area (Å²) in [6.07, 6.45) is 0. The zero-order valence-electron chi connectivity index (χ0n) is 31.2. The number of fused-ring (bicyclic) bond motifs is 9. The average Bonchev–Trinajstić information content (AvgIpc) is 3.98. The molecule has 0 saturated heterocycles. The Kier molecular flexibility index (Phi) is 7.20. The van der Waals surface area contributed by atoms with Crippen molar-refractivity contribution in [3.05, 3.63) is 200 Å². The molecule has 0 fully saturated rings. The number of para-hydroxylation sites is 3. The minimum absolute atomic E-state index is 0.805. The highest BCUT2D eigenvalue weighted by Crippen LogP contribution is 2.48. The topological polar surface area (TPSA) is 42.7 Å². The van der Waals surface area contributed by atoms with Crippen LogP contribution in [0.1, 0.15) is 0 Å². The smallest absolute Gasteiger partial charge is 0.159 e. The highest BCUT2D eigenvalue weighted by atomic mass is 16.3. The molecule has 0 aliphatic carbocycles. The van der Waals surface area contributed by atoms with E-state index in [1.807, 2.05) is 36.4 Å². The second-order valence-electron chi connectivity index (χ2n) is 14.8. The molecule has 0 saturated carbocycles. The minimum atomic E-state index is 0.805. The van der Waals surface area contributed by atoms with Crippen LogP contribution in [0, 0.1) is 0 Å². The molecule has 0 amide bonds. The summed E-state index contributed by atoms with van der Waals surface area (Å²) in [7, 11) is 0. The molecule has 0 unspecified atom stereocenters. The fourth-order valence-electron chi connectivity index (χ4n) is 8.75. The van der Waals surface area contributed by atoms with E-state index in [0.29, 0.717) is 0 Å². The van der Waals surface area contributed by atoms with Crippen molar-refractivity contribution >= 4 is 82.9 Å². The van der Waals surface area contributed by atoms with E-state index >= 15 is 0 Å². The summed E-state index contributed by atoms with van der Waals surface area (Å²) in [5.41, 5.74) is 14.7. The summed E-state index contributed by atoms with van der Waals surface area (Å²) < 4.78 is 20.2. The van der Waals surface area contributed by atoms with E-state index in [4.69, 9.17) is 13.3 Å². The average molecular weight is 744 g/mol. The summed E-state index contributed by atoms with van der Waals surface area (Å²) in [5.74, 6) is 0. The molecule has 12 aromatic rings. The first-order valence-corrected chi connectivity index (χ1v) is 19.6. The first kappa shape index (κ1) is 32.4. The second-order valence-corrected chi connectivity index (χ2v) is 14.8. The van der Waals surface area contributed by atoms with Crippen LogP contribution in [0.4, 0.5) is 17.1 Å². The molecule has 0 aliphatic rings. The van der Waals surface area contributed by atoms with Crippen LogP contribution in [0.2, 0.25) is 0 Å². The van der Waals surface area contributed by atoms with Crippen molar-refractivity contribution in [2.24, 2.45) is 0 Å². The maximum absolute atomic E-state index is 6.92. The minimum Gasteiger partial charge on any atom is -0.456 e. The molecule has 4 heteroatoms. The van der Waals surface area contributed by atoms with Gasteiger partial charge in [0.15, 0.2) is 5.58 Å². The number of nitrogens with zero attached hydrogens (tertiary/aromatic N) is 1. The van der Waals surface area contributed by atoms with Gasteiger partial charge in [-0.05, 0) is 82.4 Å². The van der Waals surface area contributed by atoms with E-state index in [-0.39, 0.29) is 0 Å². The molecule has 272 valence electrons. The van der Waals surface area contributed by atoms with Crippen LogP contribution in [0.25, 0.3) is 99.2 Å². The Balaban J connectivity index is 1.09. The number of anilines is 3. The molecule has 12 rings (SSSR count). The largest absolute Gasteiger partial charge is 0.456 e. The molecular weight excluding hydrogens is 711 g/mol. The molecule has 4 nitrogen and oxygen atoms in total. The zero-order chi connectivity index (χ0) is 38.2. The van der Waals surface area contributed by atoms with Crippen LogP contribution in [0.5, 0.6) is 0 Å². The highest BCUT2D eigenvalue weighted by molar-refractivity contribution is 6.24. The SMILES string of the molecule is c1ccc(-c2ccc(-c3c4oc5ccc(N(c6ccc(-c7ccccc7)cc6)c6cccc7c6oc6ccccc67)cc5c4cc4oc5ccccc5c34)cc2)cc1. The van der Waals surface area contributed by atoms with E-state index in [1.54, 1.807) is 0 Å². The maximum atomic E-state index is 6.92.